The van der Waals surface area contributed by atoms with Crippen LogP contribution in [-0.2, 0) is 16.1 Å². The van der Waals surface area contributed by atoms with Crippen molar-refractivity contribution in [1.82, 2.24) is 5.32 Å². The summed E-state index contributed by atoms with van der Waals surface area (Å²) in [7, 11) is 0. The van der Waals surface area contributed by atoms with Crippen LogP contribution in [0.4, 0.5) is 0 Å². The molecule has 0 saturated carbocycles. The molecule has 1 aliphatic carbocycles. The number of rotatable bonds is 3. The van der Waals surface area contributed by atoms with Crippen molar-refractivity contribution in [2.75, 3.05) is 6.61 Å². The lowest BCUT2D eigenvalue weighted by Crippen LogP contribution is -2.37. The van der Waals surface area contributed by atoms with E-state index in [4.69, 9.17) is 10.5 Å². The van der Waals surface area contributed by atoms with E-state index in [1.165, 1.54) is 0 Å². The summed E-state index contributed by atoms with van der Waals surface area (Å²) < 4.78 is 5.50. The summed E-state index contributed by atoms with van der Waals surface area (Å²) in [5.41, 5.74) is 7.87. The molecule has 1 heterocycles. The van der Waals surface area contributed by atoms with Crippen LogP contribution in [0.3, 0.4) is 0 Å². The van der Waals surface area contributed by atoms with Gasteiger partial charge in [0.15, 0.2) is 5.78 Å². The van der Waals surface area contributed by atoms with Crippen LogP contribution in [0.25, 0.3) is 0 Å². The number of carbonyl (C=O) groups is 1. The van der Waals surface area contributed by atoms with Crippen molar-refractivity contribution in [3.8, 4) is 0 Å². The molecule has 1 aromatic rings. The van der Waals surface area contributed by atoms with Crippen LogP contribution >= 0.6 is 0 Å². The smallest absolute Gasteiger partial charge is 0.180 e. The minimum atomic E-state index is -0.299. The van der Waals surface area contributed by atoms with Crippen LogP contribution in [0.2, 0.25) is 0 Å². The zero-order valence-electron chi connectivity index (χ0n) is 10.1. The van der Waals surface area contributed by atoms with Crippen molar-refractivity contribution in [2.24, 2.45) is 5.73 Å². The molecule has 18 heavy (non-hydrogen) atoms. The number of nitrogens with one attached hydrogen (secondary N) is 1. The van der Waals surface area contributed by atoms with E-state index in [1.54, 1.807) is 0 Å². The van der Waals surface area contributed by atoms with Crippen LogP contribution in [0, 0.1) is 0 Å². The highest BCUT2D eigenvalue weighted by atomic mass is 16.6. The zero-order valence-corrected chi connectivity index (χ0v) is 10.1. The number of benzene rings is 1. The average molecular weight is 244 g/mol. The van der Waals surface area contributed by atoms with E-state index in [9.17, 15) is 4.79 Å². The first kappa shape index (κ1) is 11.3. The molecule has 0 amide bonds. The van der Waals surface area contributed by atoms with Crippen LogP contribution in [0.1, 0.15) is 18.4 Å². The number of ether oxygens (including phenoxy) is 1. The molecule has 1 fully saturated rings. The Morgan fingerprint density at radius 2 is 2.06 bits per heavy atom. The van der Waals surface area contributed by atoms with Gasteiger partial charge >= 0.3 is 0 Å². The van der Waals surface area contributed by atoms with Crippen molar-refractivity contribution in [3.05, 3.63) is 47.3 Å². The van der Waals surface area contributed by atoms with Crippen LogP contribution in [0.15, 0.2) is 41.7 Å². The minimum absolute atomic E-state index is 0.0201. The van der Waals surface area contributed by atoms with E-state index in [0.29, 0.717) is 25.3 Å². The molecule has 1 aromatic carbocycles. The molecule has 1 aliphatic heterocycles. The molecule has 1 saturated heterocycles. The van der Waals surface area contributed by atoms with Crippen molar-refractivity contribution in [2.45, 2.75) is 25.0 Å². The topological polar surface area (TPSA) is 67.6 Å². The first-order valence-electron chi connectivity index (χ1n) is 6.16. The van der Waals surface area contributed by atoms with Crippen LogP contribution < -0.4 is 11.1 Å². The lowest BCUT2D eigenvalue weighted by atomic mass is 9.89. The third kappa shape index (κ3) is 1.88. The number of Topliss-reactive ketones (excluding diaryl/α,β-unsaturated/α-hetero) is 1. The number of hydrogen-bond acceptors (Lipinski definition) is 4. The second kappa shape index (κ2) is 4.14. The first-order valence-corrected chi connectivity index (χ1v) is 6.16. The van der Waals surface area contributed by atoms with Gasteiger partial charge in [-0.15, -0.1) is 0 Å². The van der Waals surface area contributed by atoms with E-state index in [0.717, 1.165) is 17.7 Å². The average Bonchev–Trinajstić information content (AvgIpc) is 3.17. The maximum atomic E-state index is 11.7. The molecule has 1 atom stereocenters. The maximum Gasteiger partial charge on any atom is 0.180 e. The van der Waals surface area contributed by atoms with Gasteiger partial charge in [-0.2, -0.15) is 0 Å². The lowest BCUT2D eigenvalue weighted by molar-refractivity contribution is -0.116. The fourth-order valence-corrected chi connectivity index (χ4v) is 2.38. The van der Waals surface area contributed by atoms with Gasteiger partial charge in [-0.1, -0.05) is 30.3 Å². The molecular weight excluding hydrogens is 228 g/mol. The van der Waals surface area contributed by atoms with E-state index >= 15 is 0 Å². The van der Waals surface area contributed by atoms with Gasteiger partial charge in [0.25, 0.3) is 0 Å². The SMILES string of the molecule is NC1=C(NCc2ccccc2)C2(CCC1=O)CO2. The Labute approximate surface area is 106 Å². The second-order valence-corrected chi connectivity index (χ2v) is 4.83. The normalized spacial score (nSPS) is 26.6. The minimum Gasteiger partial charge on any atom is -0.394 e. The summed E-state index contributed by atoms with van der Waals surface area (Å²) in [6, 6.07) is 10.0. The fourth-order valence-electron chi connectivity index (χ4n) is 2.38. The quantitative estimate of drug-likeness (QED) is 0.781. The van der Waals surface area contributed by atoms with Crippen LogP contribution in [-0.4, -0.2) is 18.0 Å². The highest BCUT2D eigenvalue weighted by Gasteiger charge is 2.52. The van der Waals surface area contributed by atoms with Crippen molar-refractivity contribution >= 4 is 5.78 Å². The highest BCUT2D eigenvalue weighted by Crippen LogP contribution is 2.42. The molecule has 1 spiro atoms. The standard InChI is InChI=1S/C14H16N2O2/c15-12-11(17)6-7-14(9-18-14)13(12)16-8-10-4-2-1-3-5-10/h1-5,16H,6-9,15H2. The van der Waals surface area contributed by atoms with Gasteiger partial charge < -0.3 is 15.8 Å². The van der Waals surface area contributed by atoms with Crippen LogP contribution in [0.5, 0.6) is 0 Å². The molecule has 0 aromatic heterocycles. The Balaban J connectivity index is 1.78. The predicted molar refractivity (Wildman–Crippen MR) is 67.4 cm³/mol. The third-order valence-corrected chi connectivity index (χ3v) is 3.59. The molecular formula is C14H16N2O2. The summed E-state index contributed by atoms with van der Waals surface area (Å²) in [5, 5.41) is 3.28. The van der Waals surface area contributed by atoms with Gasteiger partial charge in [0, 0.05) is 13.0 Å². The summed E-state index contributed by atoms with van der Waals surface area (Å²) in [6.07, 6.45) is 1.23. The predicted octanol–water partition coefficient (Wildman–Crippen LogP) is 1.08. The molecule has 2 aliphatic rings. The number of epoxide rings is 1. The van der Waals surface area contributed by atoms with Gasteiger partial charge in [0.2, 0.25) is 0 Å². The maximum absolute atomic E-state index is 11.7. The van der Waals surface area contributed by atoms with Crippen molar-refractivity contribution in [3.63, 3.8) is 0 Å². The molecule has 3 N–H and O–H groups in total. The molecule has 1 unspecified atom stereocenters. The Morgan fingerprint density at radius 1 is 1.33 bits per heavy atom. The molecule has 3 rings (SSSR count). The third-order valence-electron chi connectivity index (χ3n) is 3.59. The highest BCUT2D eigenvalue weighted by molar-refractivity contribution is 5.96. The van der Waals surface area contributed by atoms with Crippen molar-refractivity contribution < 1.29 is 9.53 Å². The van der Waals surface area contributed by atoms with E-state index in [-0.39, 0.29) is 11.4 Å². The second-order valence-electron chi connectivity index (χ2n) is 4.83. The van der Waals surface area contributed by atoms with Gasteiger partial charge in [-0.05, 0) is 12.0 Å². The Kier molecular flexibility index (Phi) is 2.59. The largest absolute Gasteiger partial charge is 0.394 e. The molecule has 4 heteroatoms. The number of nitrogens with two attached hydrogens (primary N) is 1. The molecule has 0 bridgehead atoms. The monoisotopic (exact) mass is 244 g/mol. The number of carbonyl (C=O) groups excluding carboxylic acids is 1. The molecule has 4 nitrogen and oxygen atoms in total. The summed E-state index contributed by atoms with van der Waals surface area (Å²) in [4.78, 5) is 11.7. The summed E-state index contributed by atoms with van der Waals surface area (Å²) >= 11 is 0. The Morgan fingerprint density at radius 3 is 2.72 bits per heavy atom. The Bertz CT molecular complexity index is 504. The Hall–Kier alpha value is -1.81. The number of allylic oxidation sites excluding steroid dienone is 1. The molecule has 0 radical (unpaired) electrons. The zero-order chi connectivity index (χ0) is 12.6. The molecule has 94 valence electrons. The van der Waals surface area contributed by atoms with Gasteiger partial charge in [-0.25, -0.2) is 0 Å². The number of hydrogen-bond donors (Lipinski definition) is 2. The van der Waals surface area contributed by atoms with Gasteiger partial charge in [0.05, 0.1) is 18.0 Å². The van der Waals surface area contributed by atoms with E-state index in [1.807, 2.05) is 30.3 Å². The lowest BCUT2D eigenvalue weighted by Gasteiger charge is -2.24. The summed E-state index contributed by atoms with van der Waals surface area (Å²) in [6.45, 7) is 1.33. The van der Waals surface area contributed by atoms with E-state index in [2.05, 4.69) is 5.32 Å². The van der Waals surface area contributed by atoms with Gasteiger partial charge in [0.1, 0.15) is 5.60 Å². The van der Waals surface area contributed by atoms with Gasteiger partial charge in [-0.3, -0.25) is 4.79 Å². The number of ketones is 1. The first-order chi connectivity index (χ1) is 8.71. The van der Waals surface area contributed by atoms with E-state index < -0.39 is 0 Å². The fraction of sp³-hybridized carbons (Fsp3) is 0.357. The van der Waals surface area contributed by atoms with Crippen molar-refractivity contribution in [1.29, 1.82) is 0 Å². The summed E-state index contributed by atoms with van der Waals surface area (Å²) in [5.74, 6) is 0.0201.